The van der Waals surface area contributed by atoms with Gasteiger partial charge in [0, 0.05) is 23.7 Å². The standard InChI is InChI=1S/C23H22Cl2N2O5S/c1-31-21-13-20(22(32-2)12-19(21)25)26-23(28)15-27(14-16-6-4-3-5-7-16)33(29,30)18-10-8-17(24)9-11-18/h3-13H,14-15H2,1-2H3,(H,26,28). The maximum atomic E-state index is 13.3. The highest BCUT2D eigenvalue weighted by Crippen LogP contribution is 2.36. The predicted molar refractivity (Wildman–Crippen MR) is 129 cm³/mol. The van der Waals surface area contributed by atoms with E-state index in [1.54, 1.807) is 24.3 Å². The van der Waals surface area contributed by atoms with E-state index in [9.17, 15) is 13.2 Å². The maximum absolute atomic E-state index is 13.3. The van der Waals surface area contributed by atoms with E-state index in [0.29, 0.717) is 27.2 Å². The van der Waals surface area contributed by atoms with Gasteiger partial charge >= 0.3 is 0 Å². The first-order chi connectivity index (χ1) is 15.7. The average molecular weight is 509 g/mol. The zero-order valence-electron chi connectivity index (χ0n) is 17.9. The number of carbonyl (C=O) groups excluding carboxylic acids is 1. The van der Waals surface area contributed by atoms with Crippen molar-refractivity contribution in [3.8, 4) is 11.5 Å². The number of nitrogens with zero attached hydrogens (tertiary/aromatic N) is 1. The molecule has 1 N–H and O–H groups in total. The predicted octanol–water partition coefficient (Wildman–Crippen LogP) is 4.84. The Hall–Kier alpha value is -2.78. The minimum Gasteiger partial charge on any atom is -0.495 e. The molecule has 174 valence electrons. The molecule has 0 aliphatic carbocycles. The molecule has 0 aliphatic rings. The summed E-state index contributed by atoms with van der Waals surface area (Å²) in [6, 6.07) is 17.8. The lowest BCUT2D eigenvalue weighted by atomic mass is 10.2. The van der Waals surface area contributed by atoms with Crippen LogP contribution in [-0.4, -0.2) is 39.4 Å². The summed E-state index contributed by atoms with van der Waals surface area (Å²) in [5.41, 5.74) is 1.03. The number of nitrogens with one attached hydrogen (secondary N) is 1. The van der Waals surface area contributed by atoms with Crippen molar-refractivity contribution < 1.29 is 22.7 Å². The average Bonchev–Trinajstić information content (AvgIpc) is 2.80. The molecule has 0 fully saturated rings. The van der Waals surface area contributed by atoms with Gasteiger partial charge in [0.15, 0.2) is 0 Å². The lowest BCUT2D eigenvalue weighted by molar-refractivity contribution is -0.116. The molecule has 3 aromatic rings. The van der Waals surface area contributed by atoms with Gasteiger partial charge in [-0.05, 0) is 29.8 Å². The molecular formula is C23H22Cl2N2O5S. The van der Waals surface area contributed by atoms with Crippen molar-refractivity contribution in [2.24, 2.45) is 0 Å². The third-order valence-electron chi connectivity index (χ3n) is 4.72. The second-order valence-electron chi connectivity index (χ2n) is 6.95. The molecule has 3 aromatic carbocycles. The summed E-state index contributed by atoms with van der Waals surface area (Å²) in [6.07, 6.45) is 0. The van der Waals surface area contributed by atoms with Gasteiger partial charge in [0.1, 0.15) is 11.5 Å². The Balaban J connectivity index is 1.90. The summed E-state index contributed by atoms with van der Waals surface area (Å²) in [5, 5.41) is 3.40. The number of carbonyl (C=O) groups is 1. The number of anilines is 1. The molecule has 0 heterocycles. The van der Waals surface area contributed by atoms with E-state index in [1.165, 1.54) is 50.6 Å². The summed E-state index contributed by atoms with van der Waals surface area (Å²) in [4.78, 5) is 13.0. The second kappa shape index (κ2) is 10.9. The normalized spacial score (nSPS) is 11.3. The number of benzene rings is 3. The lowest BCUT2D eigenvalue weighted by Crippen LogP contribution is -2.37. The van der Waals surface area contributed by atoms with Gasteiger partial charge in [-0.3, -0.25) is 4.79 Å². The highest BCUT2D eigenvalue weighted by Gasteiger charge is 2.27. The van der Waals surface area contributed by atoms with Crippen LogP contribution >= 0.6 is 23.2 Å². The first-order valence-electron chi connectivity index (χ1n) is 9.75. The summed E-state index contributed by atoms with van der Waals surface area (Å²) in [6.45, 7) is -0.436. The largest absolute Gasteiger partial charge is 0.495 e. The molecule has 0 spiro atoms. The van der Waals surface area contributed by atoms with E-state index in [1.807, 2.05) is 6.07 Å². The molecule has 33 heavy (non-hydrogen) atoms. The van der Waals surface area contributed by atoms with Crippen molar-refractivity contribution in [3.05, 3.63) is 82.3 Å². The van der Waals surface area contributed by atoms with E-state index < -0.39 is 22.5 Å². The monoisotopic (exact) mass is 508 g/mol. The van der Waals surface area contributed by atoms with Gasteiger partial charge in [0.2, 0.25) is 15.9 Å². The van der Waals surface area contributed by atoms with Crippen molar-refractivity contribution in [2.75, 3.05) is 26.1 Å². The number of hydrogen-bond acceptors (Lipinski definition) is 5. The van der Waals surface area contributed by atoms with Crippen LogP contribution in [0.15, 0.2) is 71.6 Å². The van der Waals surface area contributed by atoms with E-state index in [4.69, 9.17) is 32.7 Å². The van der Waals surface area contributed by atoms with Gasteiger partial charge in [-0.15, -0.1) is 0 Å². The third-order valence-corrected chi connectivity index (χ3v) is 7.07. The first-order valence-corrected chi connectivity index (χ1v) is 11.9. The fourth-order valence-electron chi connectivity index (χ4n) is 3.08. The van der Waals surface area contributed by atoms with Gasteiger partial charge in [0.05, 0.1) is 36.4 Å². The summed E-state index contributed by atoms with van der Waals surface area (Å²) in [5.74, 6) is 0.0816. The molecule has 0 atom stereocenters. The van der Waals surface area contributed by atoms with E-state index >= 15 is 0 Å². The smallest absolute Gasteiger partial charge is 0.243 e. The molecule has 10 heteroatoms. The van der Waals surface area contributed by atoms with Crippen LogP contribution in [0.25, 0.3) is 0 Å². The Labute approximate surface area is 202 Å². The first kappa shape index (κ1) is 24.9. The Kier molecular flexibility index (Phi) is 8.20. The van der Waals surface area contributed by atoms with Crippen LogP contribution in [-0.2, 0) is 21.4 Å². The van der Waals surface area contributed by atoms with Crippen LogP contribution in [0, 0.1) is 0 Å². The van der Waals surface area contributed by atoms with Crippen LogP contribution in [0.1, 0.15) is 5.56 Å². The van der Waals surface area contributed by atoms with Gasteiger partial charge in [-0.2, -0.15) is 4.31 Å². The molecule has 0 aliphatic heterocycles. The fraction of sp³-hybridized carbons (Fsp3) is 0.174. The number of ether oxygens (including phenoxy) is 2. The number of hydrogen-bond donors (Lipinski definition) is 1. The zero-order chi connectivity index (χ0) is 24.0. The summed E-state index contributed by atoms with van der Waals surface area (Å²) < 4.78 is 38.3. The minimum atomic E-state index is -4.00. The van der Waals surface area contributed by atoms with Crippen LogP contribution in [0.5, 0.6) is 11.5 Å². The van der Waals surface area contributed by atoms with Crippen molar-refractivity contribution >= 4 is 44.8 Å². The van der Waals surface area contributed by atoms with Crippen LogP contribution < -0.4 is 14.8 Å². The van der Waals surface area contributed by atoms with Crippen LogP contribution in [0.2, 0.25) is 10.0 Å². The lowest BCUT2D eigenvalue weighted by Gasteiger charge is -2.22. The van der Waals surface area contributed by atoms with Gasteiger partial charge in [-0.25, -0.2) is 8.42 Å². The van der Waals surface area contributed by atoms with Gasteiger partial charge in [-0.1, -0.05) is 53.5 Å². The number of sulfonamides is 1. The SMILES string of the molecule is COc1cc(NC(=O)CN(Cc2ccccc2)S(=O)(=O)c2ccc(Cl)cc2)c(OC)cc1Cl. The number of halogens is 2. The number of amides is 1. The van der Waals surface area contributed by atoms with E-state index in [0.717, 1.165) is 9.87 Å². The fourth-order valence-corrected chi connectivity index (χ4v) is 4.82. The molecule has 0 saturated heterocycles. The Bertz CT molecular complexity index is 1220. The quantitative estimate of drug-likeness (QED) is 0.446. The van der Waals surface area contributed by atoms with Crippen molar-refractivity contribution in [2.45, 2.75) is 11.4 Å². The molecule has 0 saturated carbocycles. The second-order valence-corrected chi connectivity index (χ2v) is 9.73. The Morgan fingerprint density at radius 3 is 2.18 bits per heavy atom. The molecule has 1 amide bonds. The molecule has 0 aromatic heterocycles. The maximum Gasteiger partial charge on any atom is 0.243 e. The zero-order valence-corrected chi connectivity index (χ0v) is 20.2. The molecule has 7 nitrogen and oxygen atoms in total. The highest BCUT2D eigenvalue weighted by molar-refractivity contribution is 7.89. The number of rotatable bonds is 9. The topological polar surface area (TPSA) is 84.9 Å². The minimum absolute atomic E-state index is 0.000291. The highest BCUT2D eigenvalue weighted by atomic mass is 35.5. The summed E-state index contributed by atoms with van der Waals surface area (Å²) in [7, 11) is -1.13. The summed E-state index contributed by atoms with van der Waals surface area (Å²) >= 11 is 12.0. The molecule has 3 rings (SSSR count). The van der Waals surface area contributed by atoms with Gasteiger partial charge in [0.25, 0.3) is 0 Å². The molecule has 0 unspecified atom stereocenters. The van der Waals surface area contributed by atoms with Crippen molar-refractivity contribution in [3.63, 3.8) is 0 Å². The van der Waals surface area contributed by atoms with E-state index in [2.05, 4.69) is 5.32 Å². The third kappa shape index (κ3) is 6.17. The Morgan fingerprint density at radius 2 is 1.58 bits per heavy atom. The molecule has 0 bridgehead atoms. The number of methoxy groups -OCH3 is 2. The molecule has 0 radical (unpaired) electrons. The van der Waals surface area contributed by atoms with Crippen LogP contribution in [0.3, 0.4) is 0 Å². The van der Waals surface area contributed by atoms with Crippen LogP contribution in [0.4, 0.5) is 5.69 Å². The van der Waals surface area contributed by atoms with Crippen molar-refractivity contribution in [1.82, 2.24) is 4.31 Å². The van der Waals surface area contributed by atoms with E-state index in [-0.39, 0.29) is 11.4 Å². The molecular weight excluding hydrogens is 487 g/mol. The van der Waals surface area contributed by atoms with Gasteiger partial charge < -0.3 is 14.8 Å². The Morgan fingerprint density at radius 1 is 0.939 bits per heavy atom. The van der Waals surface area contributed by atoms with Crippen molar-refractivity contribution in [1.29, 1.82) is 0 Å².